The van der Waals surface area contributed by atoms with Gasteiger partial charge < -0.3 is 18.9 Å². The lowest BCUT2D eigenvalue weighted by molar-refractivity contribution is -0.206. The molecule has 0 spiro atoms. The van der Waals surface area contributed by atoms with Crippen LogP contribution >= 0.6 is 0 Å². The molecule has 200 valence electrons. The first kappa shape index (κ1) is 27.3. The highest BCUT2D eigenvalue weighted by atomic mass is 19.4. The van der Waals surface area contributed by atoms with E-state index in [4.69, 9.17) is 14.2 Å². The van der Waals surface area contributed by atoms with Crippen LogP contribution in [0.5, 0.6) is 5.75 Å². The maximum atomic E-state index is 15.2. The SMILES string of the molecule is COCCCC1COC(c2ccc3c(F)c(CCc4ccc(OCC(F)(F)F)c(F)c4)ccc3c2)OC1. The molecule has 4 nitrogen and oxygen atoms in total. The number of alkyl halides is 3. The smallest absolute Gasteiger partial charge is 0.422 e. The van der Waals surface area contributed by atoms with Gasteiger partial charge in [0.1, 0.15) is 5.82 Å². The molecule has 3 aromatic rings. The summed E-state index contributed by atoms with van der Waals surface area (Å²) in [5.41, 5.74) is 1.80. The first-order valence-electron chi connectivity index (χ1n) is 12.1. The van der Waals surface area contributed by atoms with E-state index in [9.17, 15) is 17.6 Å². The van der Waals surface area contributed by atoms with Crippen LogP contribution in [0.15, 0.2) is 48.5 Å². The summed E-state index contributed by atoms with van der Waals surface area (Å²) in [6.45, 7) is 0.328. The number of rotatable bonds is 10. The summed E-state index contributed by atoms with van der Waals surface area (Å²) in [5.74, 6) is -1.40. The number of methoxy groups -OCH3 is 1. The number of hydrogen-bond acceptors (Lipinski definition) is 4. The van der Waals surface area contributed by atoms with Crippen LogP contribution in [0.3, 0.4) is 0 Å². The average Bonchev–Trinajstić information content (AvgIpc) is 2.87. The summed E-state index contributed by atoms with van der Waals surface area (Å²) in [6, 6.07) is 12.6. The Bertz CT molecular complexity index is 1190. The van der Waals surface area contributed by atoms with Gasteiger partial charge in [0.05, 0.1) is 13.2 Å². The van der Waals surface area contributed by atoms with Crippen molar-refractivity contribution < 1.29 is 40.9 Å². The van der Waals surface area contributed by atoms with Crippen LogP contribution in [0.25, 0.3) is 10.8 Å². The summed E-state index contributed by atoms with van der Waals surface area (Å²) >= 11 is 0. The van der Waals surface area contributed by atoms with Gasteiger partial charge in [-0.1, -0.05) is 30.3 Å². The molecule has 0 atom stereocenters. The summed E-state index contributed by atoms with van der Waals surface area (Å²) in [4.78, 5) is 0. The molecule has 0 aromatic heterocycles. The first-order chi connectivity index (χ1) is 17.7. The van der Waals surface area contributed by atoms with E-state index in [1.54, 1.807) is 25.3 Å². The summed E-state index contributed by atoms with van der Waals surface area (Å²) in [7, 11) is 1.68. The van der Waals surface area contributed by atoms with Crippen molar-refractivity contribution in [1.82, 2.24) is 0 Å². The zero-order valence-corrected chi connectivity index (χ0v) is 20.5. The normalized spacial score (nSPS) is 18.3. The quantitative estimate of drug-likeness (QED) is 0.213. The second-order valence-corrected chi connectivity index (χ2v) is 9.19. The largest absolute Gasteiger partial charge is 0.481 e. The highest BCUT2D eigenvalue weighted by molar-refractivity contribution is 5.84. The number of hydrogen-bond donors (Lipinski definition) is 0. The molecule has 0 aliphatic carbocycles. The van der Waals surface area contributed by atoms with Gasteiger partial charge in [-0.15, -0.1) is 0 Å². The number of ether oxygens (including phenoxy) is 4. The van der Waals surface area contributed by atoms with E-state index < -0.39 is 30.6 Å². The molecular formula is C28H29F5O4. The lowest BCUT2D eigenvalue weighted by Crippen LogP contribution is -2.27. The van der Waals surface area contributed by atoms with Gasteiger partial charge >= 0.3 is 6.18 Å². The molecule has 1 heterocycles. The van der Waals surface area contributed by atoms with Gasteiger partial charge in [0.25, 0.3) is 0 Å². The molecule has 1 fully saturated rings. The fourth-order valence-corrected chi connectivity index (χ4v) is 4.37. The van der Waals surface area contributed by atoms with Crippen LogP contribution in [0.4, 0.5) is 22.0 Å². The summed E-state index contributed by atoms with van der Waals surface area (Å²) in [5, 5.41) is 1.17. The highest BCUT2D eigenvalue weighted by Crippen LogP contribution is 2.31. The van der Waals surface area contributed by atoms with Gasteiger partial charge in [-0.3, -0.25) is 0 Å². The molecule has 1 aliphatic rings. The molecule has 0 unspecified atom stereocenters. The van der Waals surface area contributed by atoms with Crippen molar-refractivity contribution in [1.29, 1.82) is 0 Å². The molecule has 0 N–H and O–H groups in total. The molecule has 1 saturated heterocycles. The minimum atomic E-state index is -4.55. The maximum absolute atomic E-state index is 15.2. The predicted molar refractivity (Wildman–Crippen MR) is 129 cm³/mol. The van der Waals surface area contributed by atoms with Gasteiger partial charge in [0.15, 0.2) is 24.5 Å². The molecule has 9 heteroatoms. The molecule has 0 radical (unpaired) electrons. The topological polar surface area (TPSA) is 36.9 Å². The summed E-state index contributed by atoms with van der Waals surface area (Å²) in [6.07, 6.45) is -2.52. The standard InChI is InChI=1S/C28H29F5O4/c1-34-12-2-3-19-15-35-27(36-16-19)22-9-10-23-21(14-22)8-7-20(26(23)30)6-4-18-5-11-25(24(29)13-18)37-17-28(31,32)33/h5,7-11,13-14,19,27H,2-4,6,12,15-17H2,1H3. The minimum Gasteiger partial charge on any atom is -0.481 e. The second kappa shape index (κ2) is 12.2. The van der Waals surface area contributed by atoms with Crippen LogP contribution in [-0.2, 0) is 27.1 Å². The number of benzene rings is 3. The van der Waals surface area contributed by atoms with Crippen LogP contribution in [0.1, 0.15) is 35.8 Å². The Labute approximate surface area is 212 Å². The van der Waals surface area contributed by atoms with Gasteiger partial charge in [0.2, 0.25) is 0 Å². The fraction of sp³-hybridized carbons (Fsp3) is 0.429. The van der Waals surface area contributed by atoms with Crippen LogP contribution in [0, 0.1) is 17.6 Å². The summed E-state index contributed by atoms with van der Waals surface area (Å²) < 4.78 is 87.6. The first-order valence-corrected chi connectivity index (χ1v) is 12.1. The predicted octanol–water partition coefficient (Wildman–Crippen LogP) is 6.93. The monoisotopic (exact) mass is 524 g/mol. The van der Waals surface area contributed by atoms with Crippen molar-refractivity contribution in [2.24, 2.45) is 5.92 Å². The zero-order valence-electron chi connectivity index (χ0n) is 20.5. The third-order valence-electron chi connectivity index (χ3n) is 6.33. The number of halogens is 5. The van der Waals surface area contributed by atoms with Gasteiger partial charge in [-0.2, -0.15) is 13.2 Å². The number of aryl methyl sites for hydroxylation is 2. The van der Waals surface area contributed by atoms with Crippen LogP contribution < -0.4 is 4.74 Å². The molecule has 0 amide bonds. The second-order valence-electron chi connectivity index (χ2n) is 9.19. The third-order valence-corrected chi connectivity index (χ3v) is 6.33. The molecule has 0 saturated carbocycles. The van der Waals surface area contributed by atoms with E-state index >= 15 is 4.39 Å². The maximum Gasteiger partial charge on any atom is 0.422 e. The van der Waals surface area contributed by atoms with Gasteiger partial charge in [0, 0.05) is 30.6 Å². The van der Waals surface area contributed by atoms with E-state index in [1.807, 2.05) is 12.1 Å². The van der Waals surface area contributed by atoms with Gasteiger partial charge in [-0.05, 0) is 60.4 Å². The van der Waals surface area contributed by atoms with Crippen molar-refractivity contribution in [3.63, 3.8) is 0 Å². The molecule has 1 aliphatic heterocycles. The van der Waals surface area contributed by atoms with E-state index in [0.29, 0.717) is 60.5 Å². The minimum absolute atomic E-state index is 0.297. The van der Waals surface area contributed by atoms with E-state index in [2.05, 4.69) is 4.74 Å². The Hall–Kier alpha value is -2.75. The molecule has 37 heavy (non-hydrogen) atoms. The molecule has 0 bridgehead atoms. The van der Waals surface area contributed by atoms with Gasteiger partial charge in [-0.25, -0.2) is 8.78 Å². The Kier molecular flexibility index (Phi) is 9.00. The van der Waals surface area contributed by atoms with Crippen molar-refractivity contribution in [2.75, 3.05) is 33.5 Å². The zero-order chi connectivity index (χ0) is 26.4. The molecular weight excluding hydrogens is 495 g/mol. The molecule has 4 rings (SSSR count). The van der Waals surface area contributed by atoms with E-state index in [0.717, 1.165) is 30.5 Å². The van der Waals surface area contributed by atoms with Crippen LogP contribution in [0.2, 0.25) is 0 Å². The van der Waals surface area contributed by atoms with Crippen molar-refractivity contribution in [3.8, 4) is 5.75 Å². The fourth-order valence-electron chi connectivity index (χ4n) is 4.37. The Balaban J connectivity index is 1.37. The third kappa shape index (κ3) is 7.40. The van der Waals surface area contributed by atoms with Crippen molar-refractivity contribution >= 4 is 10.8 Å². The van der Waals surface area contributed by atoms with Crippen molar-refractivity contribution in [2.45, 2.75) is 38.1 Å². The number of fused-ring (bicyclic) bond motifs is 1. The van der Waals surface area contributed by atoms with E-state index in [-0.39, 0.29) is 5.82 Å². The molecule has 3 aromatic carbocycles. The lowest BCUT2D eigenvalue weighted by Gasteiger charge is -2.29. The van der Waals surface area contributed by atoms with Crippen molar-refractivity contribution in [3.05, 3.63) is 76.9 Å². The average molecular weight is 525 g/mol. The Morgan fingerprint density at radius 1 is 0.946 bits per heavy atom. The van der Waals surface area contributed by atoms with E-state index in [1.165, 1.54) is 6.07 Å². The Morgan fingerprint density at radius 2 is 1.73 bits per heavy atom. The lowest BCUT2D eigenvalue weighted by atomic mass is 9.98. The van der Waals surface area contributed by atoms with Crippen LogP contribution in [-0.4, -0.2) is 39.7 Å². The Morgan fingerprint density at radius 3 is 2.43 bits per heavy atom. The highest BCUT2D eigenvalue weighted by Gasteiger charge is 2.29.